The summed E-state index contributed by atoms with van der Waals surface area (Å²) in [5.41, 5.74) is -0.0309. The molecular weight excluding hydrogens is 232 g/mol. The molecule has 1 aromatic rings. The van der Waals surface area contributed by atoms with E-state index < -0.39 is 5.97 Å². The van der Waals surface area contributed by atoms with Crippen molar-refractivity contribution in [3.8, 4) is 0 Å². The van der Waals surface area contributed by atoms with E-state index in [1.165, 1.54) is 18.9 Å². The number of carbonyl (C=O) groups is 1. The predicted molar refractivity (Wildman–Crippen MR) is 67.8 cm³/mol. The van der Waals surface area contributed by atoms with Crippen LogP contribution in [0.15, 0.2) is 12.1 Å². The summed E-state index contributed by atoms with van der Waals surface area (Å²) in [5.74, 6) is -0.426. The lowest BCUT2D eigenvalue weighted by Gasteiger charge is -2.22. The second kappa shape index (κ2) is 5.77. The fourth-order valence-corrected chi connectivity index (χ4v) is 2.31. The van der Waals surface area contributed by atoms with Crippen molar-refractivity contribution in [2.75, 3.05) is 25.0 Å². The van der Waals surface area contributed by atoms with Crippen LogP contribution in [0.25, 0.3) is 0 Å². The van der Waals surface area contributed by atoms with Crippen LogP contribution in [0.4, 0.5) is 5.82 Å². The summed E-state index contributed by atoms with van der Waals surface area (Å²) >= 11 is 0. The van der Waals surface area contributed by atoms with E-state index in [0.717, 1.165) is 19.6 Å². The molecule has 0 spiro atoms. The third kappa shape index (κ3) is 2.95. The maximum absolute atomic E-state index is 10.6. The van der Waals surface area contributed by atoms with Gasteiger partial charge in [-0.05, 0) is 38.1 Å². The Kier molecular flexibility index (Phi) is 4.09. The largest absolute Gasteiger partial charge is 0.476 e. The highest BCUT2D eigenvalue weighted by Gasteiger charge is 2.22. The van der Waals surface area contributed by atoms with Crippen LogP contribution in [-0.2, 0) is 0 Å². The van der Waals surface area contributed by atoms with Crippen molar-refractivity contribution in [3.63, 3.8) is 0 Å². The lowest BCUT2D eigenvalue weighted by molar-refractivity contribution is 0.0689. The van der Waals surface area contributed by atoms with Crippen molar-refractivity contribution < 1.29 is 9.90 Å². The van der Waals surface area contributed by atoms with Crippen LogP contribution in [0, 0.1) is 0 Å². The second-order valence-corrected chi connectivity index (χ2v) is 4.41. The summed E-state index contributed by atoms with van der Waals surface area (Å²) in [5, 5.41) is 19.4. The van der Waals surface area contributed by atoms with E-state index in [1.807, 2.05) is 0 Å². The van der Waals surface area contributed by atoms with E-state index in [4.69, 9.17) is 5.11 Å². The summed E-state index contributed by atoms with van der Waals surface area (Å²) in [6.07, 6.45) is 2.44. The first kappa shape index (κ1) is 12.8. The highest BCUT2D eigenvalue weighted by atomic mass is 16.4. The van der Waals surface area contributed by atoms with E-state index in [-0.39, 0.29) is 5.69 Å². The summed E-state index contributed by atoms with van der Waals surface area (Å²) in [6.45, 7) is 5.22. The Morgan fingerprint density at radius 1 is 1.56 bits per heavy atom. The number of likely N-dealkylation sites (tertiary alicyclic amines) is 1. The van der Waals surface area contributed by atoms with Gasteiger partial charge in [0.25, 0.3) is 0 Å². The van der Waals surface area contributed by atoms with Gasteiger partial charge in [0, 0.05) is 12.6 Å². The quantitative estimate of drug-likeness (QED) is 0.814. The van der Waals surface area contributed by atoms with Gasteiger partial charge in [0.15, 0.2) is 5.69 Å². The first-order valence-electron chi connectivity index (χ1n) is 6.25. The molecule has 0 amide bonds. The molecule has 2 heterocycles. The van der Waals surface area contributed by atoms with E-state index in [0.29, 0.717) is 11.9 Å². The lowest BCUT2D eigenvalue weighted by Crippen LogP contribution is -2.34. The molecule has 2 N–H and O–H groups in total. The van der Waals surface area contributed by atoms with Gasteiger partial charge in [0.1, 0.15) is 5.82 Å². The number of aromatic nitrogens is 2. The number of carboxylic acid groups (broad SMARTS) is 1. The molecule has 6 heteroatoms. The average Bonchev–Trinajstić information content (AvgIpc) is 2.84. The minimum Gasteiger partial charge on any atom is -0.476 e. The van der Waals surface area contributed by atoms with Crippen LogP contribution in [0.3, 0.4) is 0 Å². The first-order chi connectivity index (χ1) is 8.70. The molecule has 18 heavy (non-hydrogen) atoms. The maximum atomic E-state index is 10.6. The van der Waals surface area contributed by atoms with Crippen molar-refractivity contribution in [2.45, 2.75) is 25.8 Å². The van der Waals surface area contributed by atoms with Crippen molar-refractivity contribution in [2.24, 2.45) is 0 Å². The summed E-state index contributed by atoms with van der Waals surface area (Å²) in [4.78, 5) is 13.1. The molecule has 1 atom stereocenters. The third-order valence-corrected chi connectivity index (χ3v) is 3.31. The zero-order valence-electron chi connectivity index (χ0n) is 10.5. The van der Waals surface area contributed by atoms with Gasteiger partial charge in [-0.2, -0.15) is 0 Å². The predicted octanol–water partition coefficient (Wildman–Crippen LogP) is 1.07. The van der Waals surface area contributed by atoms with Crippen LogP contribution in [0.2, 0.25) is 0 Å². The highest BCUT2D eigenvalue weighted by molar-refractivity contribution is 5.85. The van der Waals surface area contributed by atoms with Crippen molar-refractivity contribution >= 4 is 11.8 Å². The number of nitrogens with one attached hydrogen (secondary N) is 1. The van der Waals surface area contributed by atoms with Crippen molar-refractivity contribution in [1.29, 1.82) is 0 Å². The van der Waals surface area contributed by atoms with Gasteiger partial charge in [-0.3, -0.25) is 4.90 Å². The normalized spacial score (nSPS) is 19.9. The molecule has 6 nitrogen and oxygen atoms in total. The molecule has 1 aliphatic rings. The van der Waals surface area contributed by atoms with Gasteiger partial charge < -0.3 is 10.4 Å². The molecular formula is C12H18N4O2. The standard InChI is InChI=1S/C12H18N4O2/c1-2-16-7-3-4-9(16)8-13-11-6-5-10(12(17)18)14-15-11/h5-6,9H,2-4,7-8H2,1H3,(H,13,15)(H,17,18). The first-order valence-corrected chi connectivity index (χ1v) is 6.25. The highest BCUT2D eigenvalue weighted by Crippen LogP contribution is 2.16. The van der Waals surface area contributed by atoms with Gasteiger partial charge in [0.05, 0.1) is 0 Å². The topological polar surface area (TPSA) is 78.4 Å². The molecule has 1 saturated heterocycles. The van der Waals surface area contributed by atoms with Crippen LogP contribution in [-0.4, -0.2) is 51.8 Å². The molecule has 0 aliphatic carbocycles. The number of likely N-dealkylation sites (N-methyl/N-ethyl adjacent to an activating group) is 1. The molecule has 1 aromatic heterocycles. The zero-order chi connectivity index (χ0) is 13.0. The summed E-state index contributed by atoms with van der Waals surface area (Å²) < 4.78 is 0. The second-order valence-electron chi connectivity index (χ2n) is 4.41. The fourth-order valence-electron chi connectivity index (χ4n) is 2.31. The summed E-state index contributed by atoms with van der Waals surface area (Å²) in [6, 6.07) is 3.65. The van der Waals surface area contributed by atoms with E-state index in [1.54, 1.807) is 6.07 Å². The van der Waals surface area contributed by atoms with Gasteiger partial charge in [0.2, 0.25) is 0 Å². The Hall–Kier alpha value is -1.69. The number of aromatic carboxylic acids is 1. The maximum Gasteiger partial charge on any atom is 0.356 e. The molecule has 1 aliphatic heterocycles. The zero-order valence-corrected chi connectivity index (χ0v) is 10.5. The number of nitrogens with zero attached hydrogens (tertiary/aromatic N) is 3. The number of anilines is 1. The Balaban J connectivity index is 1.88. The van der Waals surface area contributed by atoms with E-state index in [2.05, 4.69) is 27.3 Å². The van der Waals surface area contributed by atoms with E-state index in [9.17, 15) is 4.79 Å². The SMILES string of the molecule is CCN1CCCC1CNc1ccc(C(=O)O)nn1. The van der Waals surface area contributed by atoms with E-state index >= 15 is 0 Å². The minimum absolute atomic E-state index is 0.0309. The molecule has 2 rings (SSSR count). The van der Waals surface area contributed by atoms with Gasteiger partial charge in [-0.25, -0.2) is 4.79 Å². The minimum atomic E-state index is -1.05. The van der Waals surface area contributed by atoms with Gasteiger partial charge >= 0.3 is 5.97 Å². The Bertz CT molecular complexity index is 407. The summed E-state index contributed by atoms with van der Waals surface area (Å²) in [7, 11) is 0. The number of hydrogen-bond acceptors (Lipinski definition) is 5. The Morgan fingerprint density at radius 2 is 2.39 bits per heavy atom. The van der Waals surface area contributed by atoms with Crippen molar-refractivity contribution in [1.82, 2.24) is 15.1 Å². The number of hydrogen-bond donors (Lipinski definition) is 2. The van der Waals surface area contributed by atoms with Crippen LogP contribution < -0.4 is 5.32 Å². The van der Waals surface area contributed by atoms with Gasteiger partial charge in [-0.15, -0.1) is 10.2 Å². The van der Waals surface area contributed by atoms with Crippen LogP contribution in [0.5, 0.6) is 0 Å². The van der Waals surface area contributed by atoms with Crippen molar-refractivity contribution in [3.05, 3.63) is 17.8 Å². The molecule has 0 saturated carbocycles. The molecule has 0 bridgehead atoms. The average molecular weight is 250 g/mol. The number of carboxylic acids is 1. The molecule has 98 valence electrons. The monoisotopic (exact) mass is 250 g/mol. The molecule has 0 aromatic carbocycles. The third-order valence-electron chi connectivity index (χ3n) is 3.31. The molecule has 1 unspecified atom stereocenters. The lowest BCUT2D eigenvalue weighted by atomic mass is 10.2. The van der Waals surface area contributed by atoms with Crippen LogP contribution >= 0.6 is 0 Å². The smallest absolute Gasteiger partial charge is 0.356 e. The Morgan fingerprint density at radius 3 is 3.00 bits per heavy atom. The molecule has 1 fully saturated rings. The Labute approximate surface area is 106 Å². The fraction of sp³-hybridized carbons (Fsp3) is 0.583. The number of rotatable bonds is 5. The van der Waals surface area contributed by atoms with Crippen LogP contribution in [0.1, 0.15) is 30.3 Å². The molecule has 0 radical (unpaired) electrons. The van der Waals surface area contributed by atoms with Gasteiger partial charge in [-0.1, -0.05) is 6.92 Å².